The Bertz CT molecular complexity index is 407. The van der Waals surface area contributed by atoms with Crippen molar-refractivity contribution < 1.29 is 33.6 Å². The Kier molecular flexibility index (Phi) is 25.5. The molecule has 0 bridgehead atoms. The van der Waals surface area contributed by atoms with Gasteiger partial charge >= 0.3 is 0 Å². The molecule has 0 radical (unpaired) electrons. The van der Waals surface area contributed by atoms with Gasteiger partial charge in [-0.2, -0.15) is 0 Å². The molecule has 0 aliphatic heterocycles. The van der Waals surface area contributed by atoms with Crippen LogP contribution in [0, 0.1) is 0 Å². The number of hydrogen-bond acceptors (Lipinski definition) is 7. The van der Waals surface area contributed by atoms with E-state index in [0.29, 0.717) is 6.41 Å². The number of hydrogen-bond donors (Lipinski definition) is 3. The summed E-state index contributed by atoms with van der Waals surface area (Å²) in [6.45, 7) is 8.17. The van der Waals surface area contributed by atoms with Crippen LogP contribution in [0.25, 0.3) is 0 Å². The van der Waals surface area contributed by atoms with Gasteiger partial charge in [-0.3, -0.25) is 14.5 Å². The number of amides is 2. The van der Waals surface area contributed by atoms with Crippen LogP contribution in [0.15, 0.2) is 24.2 Å². The van der Waals surface area contributed by atoms with Crippen molar-refractivity contribution >= 4 is 20.7 Å². The summed E-state index contributed by atoms with van der Waals surface area (Å²) in [4.78, 5) is 41.4. The maximum Gasteiger partial charge on any atom is 0.245 e. The molecular weight excluding hydrogens is 375 g/mol. The van der Waals surface area contributed by atoms with Gasteiger partial charge in [0, 0.05) is 33.5 Å². The lowest BCUT2D eigenvalue weighted by Crippen LogP contribution is -2.40. The summed E-state index contributed by atoms with van der Waals surface area (Å²) < 4.78 is 15.7. The number of rotatable bonds is 12. The first kappa shape index (κ1) is 30.4. The van der Waals surface area contributed by atoms with E-state index in [-0.39, 0.29) is 19.1 Å². The van der Waals surface area contributed by atoms with E-state index in [4.69, 9.17) is 24.0 Å². The van der Waals surface area contributed by atoms with Crippen molar-refractivity contribution in [1.29, 1.82) is 0 Å². The Morgan fingerprint density at radius 2 is 1.70 bits per heavy atom. The van der Waals surface area contributed by atoms with Gasteiger partial charge in [0.15, 0.2) is 14.6 Å². The molecule has 0 fully saturated rings. The lowest BCUT2D eigenvalue weighted by Gasteiger charge is -2.28. The number of nitrogens with zero attached hydrogens (tertiary/aromatic N) is 1. The van der Waals surface area contributed by atoms with E-state index in [2.05, 4.69) is 5.32 Å². The molecule has 2 unspecified atom stereocenters. The molecule has 10 heteroatoms. The average molecular weight is 410 g/mol. The van der Waals surface area contributed by atoms with E-state index >= 15 is 0 Å². The van der Waals surface area contributed by atoms with Gasteiger partial charge in [0.25, 0.3) is 0 Å². The molecule has 0 saturated carbocycles. The fraction of sp³-hybridized carbons (Fsp3) is 0.647. The summed E-state index contributed by atoms with van der Waals surface area (Å²) >= 11 is 0. The predicted molar refractivity (Wildman–Crippen MR) is 107 cm³/mol. The van der Waals surface area contributed by atoms with E-state index in [1.165, 1.54) is 45.4 Å². The summed E-state index contributed by atoms with van der Waals surface area (Å²) in [5, 5.41) is 2.38. The topological polar surface area (TPSA) is 118 Å². The first-order chi connectivity index (χ1) is 13.0. The Hall–Kier alpha value is -1.35. The van der Waals surface area contributed by atoms with Crippen LogP contribution >= 0.6 is 8.38 Å². The third-order valence-electron chi connectivity index (χ3n) is 2.50. The van der Waals surface area contributed by atoms with Crippen LogP contribution in [-0.4, -0.2) is 73.8 Å². The number of methoxy groups -OCH3 is 2. The van der Waals surface area contributed by atoms with Gasteiger partial charge in [0.1, 0.15) is 6.10 Å². The summed E-state index contributed by atoms with van der Waals surface area (Å²) in [6.07, 6.45) is 2.87. The summed E-state index contributed by atoms with van der Waals surface area (Å²) in [6, 6.07) is 0. The smallest absolute Gasteiger partial charge is 0.245 e. The van der Waals surface area contributed by atoms with Crippen LogP contribution in [0.3, 0.4) is 0 Å². The molecule has 3 N–H and O–H groups in total. The van der Waals surface area contributed by atoms with Gasteiger partial charge in [-0.25, -0.2) is 0 Å². The predicted octanol–water partition coefficient (Wildman–Crippen LogP) is 1.57. The van der Waals surface area contributed by atoms with Gasteiger partial charge < -0.3 is 29.3 Å². The molecule has 2 amide bonds. The second-order valence-electron chi connectivity index (χ2n) is 4.18. The van der Waals surface area contributed by atoms with Gasteiger partial charge in [0.2, 0.25) is 12.3 Å². The Morgan fingerprint density at radius 1 is 1.15 bits per heavy atom. The average Bonchev–Trinajstić information content (AvgIpc) is 2.69. The van der Waals surface area contributed by atoms with Crippen molar-refractivity contribution in [3.8, 4) is 0 Å². The minimum atomic E-state index is -2.21. The highest BCUT2D eigenvalue weighted by Crippen LogP contribution is 2.25. The van der Waals surface area contributed by atoms with Crippen molar-refractivity contribution in [2.24, 2.45) is 0 Å². The molecule has 0 aromatic heterocycles. The largest absolute Gasteiger partial charge is 0.382 e. The molecular formula is C17H35N2O7P. The molecule has 0 aliphatic rings. The molecule has 0 aliphatic carbocycles. The van der Waals surface area contributed by atoms with Crippen molar-refractivity contribution in [3.63, 3.8) is 0 Å². The maximum absolute atomic E-state index is 11.2. The third kappa shape index (κ3) is 17.8. The molecule has 27 heavy (non-hydrogen) atoms. The van der Waals surface area contributed by atoms with E-state index in [0.717, 1.165) is 4.90 Å². The van der Waals surface area contributed by atoms with E-state index in [9.17, 15) is 9.59 Å². The van der Waals surface area contributed by atoms with Gasteiger partial charge in [-0.15, -0.1) is 0 Å². The number of carbonyl (C=O) groups excluding carboxylic acids is 2. The number of ether oxygens (including phenoxy) is 3. The minimum Gasteiger partial charge on any atom is -0.382 e. The van der Waals surface area contributed by atoms with E-state index < -0.39 is 20.7 Å². The second-order valence-corrected chi connectivity index (χ2v) is 5.12. The van der Waals surface area contributed by atoms with Crippen LogP contribution in [0.4, 0.5) is 0 Å². The third-order valence-corrected chi connectivity index (χ3v) is 2.94. The van der Waals surface area contributed by atoms with Crippen LogP contribution in [0.5, 0.6) is 0 Å². The first-order valence-corrected chi connectivity index (χ1v) is 9.91. The zero-order valence-electron chi connectivity index (χ0n) is 17.3. The number of likely N-dealkylation sites (N-methyl/N-ethyl adjacent to an activating group) is 1. The molecule has 0 spiro atoms. The van der Waals surface area contributed by atoms with E-state index in [1.54, 1.807) is 0 Å². The molecule has 2 atom stereocenters. The molecule has 9 nitrogen and oxygen atoms in total. The fourth-order valence-corrected chi connectivity index (χ4v) is 1.80. The van der Waals surface area contributed by atoms with Gasteiger partial charge in [-0.1, -0.05) is 27.7 Å². The lowest BCUT2D eigenvalue weighted by molar-refractivity contribution is -0.140. The quantitative estimate of drug-likeness (QED) is 0.193. The summed E-state index contributed by atoms with van der Waals surface area (Å²) in [7, 11) is 2.14. The first-order valence-electron chi connectivity index (χ1n) is 8.59. The van der Waals surface area contributed by atoms with Gasteiger partial charge in [-0.05, 0) is 11.9 Å². The standard InChI is InChI=1S/C13H23N2O7P.2C2H6/c1-14-12(17)4-6-15(10-16)13(9-21-3)22-11(8-20-2)5-7-23(18)19;2*1-2/h4-7,10-11,13,18-19H,8-9H2,1-3H3,(H,14,17);2*1-2H3/b6-4-,7-5+;;. The second kappa shape index (κ2) is 22.7. The van der Waals surface area contributed by atoms with Crippen LogP contribution in [0.1, 0.15) is 27.7 Å². The molecule has 160 valence electrons. The highest BCUT2D eigenvalue weighted by molar-refractivity contribution is 7.48. The Balaban J connectivity index is -0.00000134. The Labute approximate surface area is 163 Å². The van der Waals surface area contributed by atoms with Crippen LogP contribution in [-0.2, 0) is 23.8 Å². The zero-order valence-corrected chi connectivity index (χ0v) is 18.2. The van der Waals surface area contributed by atoms with Crippen LogP contribution < -0.4 is 5.32 Å². The van der Waals surface area contributed by atoms with Crippen LogP contribution in [0.2, 0.25) is 0 Å². The normalized spacial score (nSPS) is 12.7. The Morgan fingerprint density at radius 3 is 2.11 bits per heavy atom. The van der Waals surface area contributed by atoms with Gasteiger partial charge in [0.05, 0.1) is 13.2 Å². The summed E-state index contributed by atoms with van der Waals surface area (Å²) in [5.41, 5.74) is 0. The monoisotopic (exact) mass is 410 g/mol. The van der Waals surface area contributed by atoms with Crippen molar-refractivity contribution in [3.05, 3.63) is 24.2 Å². The SMILES string of the molecule is CC.CC.CNC(=O)/C=C\N(C=O)C(COC)OC(/C=C/P(O)O)COC. The minimum absolute atomic E-state index is 0.0396. The van der Waals surface area contributed by atoms with Crippen molar-refractivity contribution in [1.82, 2.24) is 10.2 Å². The molecule has 0 heterocycles. The molecule has 0 aromatic carbocycles. The highest BCUT2D eigenvalue weighted by atomic mass is 31.2. The lowest BCUT2D eigenvalue weighted by atomic mass is 10.3. The molecule has 0 saturated heterocycles. The molecule has 0 aromatic rings. The molecule has 0 rings (SSSR count). The van der Waals surface area contributed by atoms with Crippen molar-refractivity contribution in [2.45, 2.75) is 40.0 Å². The number of carbonyl (C=O) groups is 2. The van der Waals surface area contributed by atoms with E-state index in [1.807, 2.05) is 27.7 Å². The highest BCUT2D eigenvalue weighted by Gasteiger charge is 2.20. The maximum atomic E-state index is 11.2. The zero-order chi connectivity index (χ0) is 21.7. The number of nitrogens with one attached hydrogen (secondary N) is 1. The fourth-order valence-electron chi connectivity index (χ4n) is 1.45. The van der Waals surface area contributed by atoms with Crippen molar-refractivity contribution in [2.75, 3.05) is 34.5 Å². The summed E-state index contributed by atoms with van der Waals surface area (Å²) in [5.74, 6) is 0.793.